The number of hydrogen-bond donors (Lipinski definition) is 1. The Labute approximate surface area is 246 Å². The van der Waals surface area contributed by atoms with Gasteiger partial charge in [-0.1, -0.05) is 83.1 Å². The van der Waals surface area contributed by atoms with Crippen LogP contribution in [-0.2, 0) is 11.8 Å². The molecule has 0 saturated heterocycles. The number of pyridine rings is 2. The molecule has 5 nitrogen and oxygen atoms in total. The van der Waals surface area contributed by atoms with Gasteiger partial charge in [-0.05, 0) is 65.9 Å². The molecule has 1 N–H and O–H groups in total. The quantitative estimate of drug-likeness (QED) is 0.233. The fourth-order valence-corrected chi connectivity index (χ4v) is 6.16. The van der Waals surface area contributed by atoms with Gasteiger partial charge in [-0.25, -0.2) is 9.97 Å². The number of hydrogen-bond acceptors (Lipinski definition) is 3. The minimum atomic E-state index is -0.0238. The van der Waals surface area contributed by atoms with Gasteiger partial charge >= 0.3 is 0 Å². The Morgan fingerprint density at radius 3 is 2.38 bits per heavy atom. The van der Waals surface area contributed by atoms with Crippen molar-refractivity contribution in [2.75, 3.05) is 0 Å². The van der Waals surface area contributed by atoms with Crippen molar-refractivity contribution in [1.82, 2.24) is 24.7 Å². The van der Waals surface area contributed by atoms with Gasteiger partial charge in [0.25, 0.3) is 0 Å². The molecule has 42 heavy (non-hydrogen) atoms. The third-order valence-corrected chi connectivity index (χ3v) is 7.98. The predicted octanol–water partition coefficient (Wildman–Crippen LogP) is 9.28. The predicted molar refractivity (Wildman–Crippen MR) is 174 cm³/mol. The molecule has 4 heterocycles. The van der Waals surface area contributed by atoms with Crippen LogP contribution in [0.3, 0.4) is 0 Å². The van der Waals surface area contributed by atoms with E-state index in [0.717, 1.165) is 62.4 Å². The fraction of sp³-hybridized carbons (Fsp3) is 0.216. The van der Waals surface area contributed by atoms with E-state index in [-0.39, 0.29) is 5.41 Å². The fourth-order valence-electron chi connectivity index (χ4n) is 6.16. The van der Waals surface area contributed by atoms with Crippen molar-refractivity contribution in [2.45, 2.75) is 46.5 Å². The average Bonchev–Trinajstić information content (AvgIpc) is 3.57. The van der Waals surface area contributed by atoms with E-state index in [1.807, 2.05) is 12.3 Å². The van der Waals surface area contributed by atoms with Crippen LogP contribution in [-0.4, -0.2) is 24.7 Å². The second-order valence-corrected chi connectivity index (χ2v) is 12.7. The lowest BCUT2D eigenvalue weighted by Crippen LogP contribution is -2.11. The van der Waals surface area contributed by atoms with Crippen LogP contribution in [0.25, 0.3) is 61.0 Å². The Bertz CT molecular complexity index is 2030. The van der Waals surface area contributed by atoms with E-state index in [1.165, 1.54) is 16.3 Å². The summed E-state index contributed by atoms with van der Waals surface area (Å²) in [6.45, 7) is 11.2. The minimum Gasteiger partial charge on any atom is -0.281 e. The van der Waals surface area contributed by atoms with Gasteiger partial charge in [0.2, 0.25) is 0 Å². The van der Waals surface area contributed by atoms with E-state index in [9.17, 15) is 0 Å². The number of H-pyrrole nitrogens is 1. The summed E-state index contributed by atoms with van der Waals surface area (Å²) in [5.74, 6) is 1.39. The lowest BCUT2D eigenvalue weighted by Gasteiger charge is -2.16. The largest absolute Gasteiger partial charge is 0.281 e. The van der Waals surface area contributed by atoms with Gasteiger partial charge in [-0.3, -0.25) is 9.67 Å². The van der Waals surface area contributed by atoms with E-state index < -0.39 is 0 Å². The van der Waals surface area contributed by atoms with Crippen molar-refractivity contribution in [3.63, 3.8) is 0 Å². The lowest BCUT2D eigenvalue weighted by atomic mass is 9.88. The van der Waals surface area contributed by atoms with Crippen LogP contribution >= 0.6 is 0 Å². The highest BCUT2D eigenvalue weighted by molar-refractivity contribution is 6.07. The van der Waals surface area contributed by atoms with Gasteiger partial charge in [0.05, 0.1) is 11.2 Å². The molecule has 0 radical (unpaired) electrons. The van der Waals surface area contributed by atoms with Crippen LogP contribution in [0.2, 0.25) is 0 Å². The number of nitrogens with zero attached hydrogens (tertiary/aromatic N) is 4. The van der Waals surface area contributed by atoms with Gasteiger partial charge in [0.1, 0.15) is 17.0 Å². The van der Waals surface area contributed by atoms with Crippen molar-refractivity contribution in [2.24, 2.45) is 5.92 Å². The molecule has 0 aliphatic rings. The molecule has 0 fully saturated rings. The van der Waals surface area contributed by atoms with Gasteiger partial charge < -0.3 is 0 Å². The standard InChI is InChI=1S/C37H35N5/c1-23(2)19-24-20-25(27-12-8-13-30-34(27)40-41-35(30)37(3,4)5)22-26(21-24)31-15-9-17-33(39-31)42-32-16-7-6-11-28(32)29-14-10-18-38-36(29)42/h6-18,20-23H,19H2,1-5H3,(H,40,41). The summed E-state index contributed by atoms with van der Waals surface area (Å²) in [7, 11) is 0. The van der Waals surface area contributed by atoms with Crippen LogP contribution in [0.4, 0.5) is 0 Å². The molecule has 5 heteroatoms. The normalized spacial score (nSPS) is 12.2. The van der Waals surface area contributed by atoms with Crippen molar-refractivity contribution < 1.29 is 0 Å². The van der Waals surface area contributed by atoms with E-state index >= 15 is 0 Å². The summed E-state index contributed by atoms with van der Waals surface area (Å²) >= 11 is 0. The number of para-hydroxylation sites is 2. The highest BCUT2D eigenvalue weighted by Gasteiger charge is 2.21. The molecule has 0 bridgehead atoms. The summed E-state index contributed by atoms with van der Waals surface area (Å²) in [4.78, 5) is 10.00. The maximum atomic E-state index is 5.24. The first-order valence-corrected chi connectivity index (χ1v) is 14.7. The highest BCUT2D eigenvalue weighted by atomic mass is 15.1. The number of aromatic amines is 1. The number of benzene rings is 3. The van der Waals surface area contributed by atoms with Gasteiger partial charge in [-0.2, -0.15) is 5.10 Å². The molecule has 7 aromatic rings. The molecule has 0 saturated carbocycles. The van der Waals surface area contributed by atoms with Crippen molar-refractivity contribution >= 4 is 32.8 Å². The second kappa shape index (κ2) is 9.95. The third kappa shape index (κ3) is 4.46. The van der Waals surface area contributed by atoms with Crippen LogP contribution in [0, 0.1) is 5.92 Å². The smallest absolute Gasteiger partial charge is 0.146 e. The van der Waals surface area contributed by atoms with Crippen molar-refractivity contribution in [3.05, 3.63) is 108 Å². The molecule has 0 amide bonds. The first-order chi connectivity index (χ1) is 20.3. The Hall–Kier alpha value is -4.77. The van der Waals surface area contributed by atoms with E-state index in [2.05, 4.69) is 129 Å². The monoisotopic (exact) mass is 549 g/mol. The molecular weight excluding hydrogens is 514 g/mol. The molecule has 7 rings (SSSR count). The topological polar surface area (TPSA) is 59.4 Å². The van der Waals surface area contributed by atoms with Gasteiger partial charge in [0.15, 0.2) is 0 Å². The second-order valence-electron chi connectivity index (χ2n) is 12.7. The zero-order valence-corrected chi connectivity index (χ0v) is 24.8. The van der Waals surface area contributed by atoms with E-state index in [1.54, 1.807) is 0 Å². The van der Waals surface area contributed by atoms with E-state index in [0.29, 0.717) is 5.92 Å². The Balaban J connectivity index is 1.41. The molecule has 0 aliphatic heterocycles. The minimum absolute atomic E-state index is 0.0238. The molecule has 4 aromatic heterocycles. The van der Waals surface area contributed by atoms with Crippen LogP contribution < -0.4 is 0 Å². The Morgan fingerprint density at radius 1 is 0.786 bits per heavy atom. The number of nitrogens with one attached hydrogen (secondary N) is 1. The zero-order valence-electron chi connectivity index (χ0n) is 24.8. The number of fused-ring (bicyclic) bond motifs is 4. The first kappa shape index (κ1) is 26.1. The maximum Gasteiger partial charge on any atom is 0.146 e. The summed E-state index contributed by atoms with van der Waals surface area (Å²) in [6.07, 6.45) is 2.84. The lowest BCUT2D eigenvalue weighted by molar-refractivity contribution is 0.571. The Kier molecular flexibility index (Phi) is 6.19. The average molecular weight is 550 g/mol. The van der Waals surface area contributed by atoms with Crippen LogP contribution in [0.5, 0.6) is 0 Å². The van der Waals surface area contributed by atoms with Crippen LogP contribution in [0.15, 0.2) is 97.2 Å². The summed E-state index contributed by atoms with van der Waals surface area (Å²) in [5.41, 5.74) is 9.78. The van der Waals surface area contributed by atoms with Crippen LogP contribution in [0.1, 0.15) is 45.9 Å². The summed E-state index contributed by atoms with van der Waals surface area (Å²) < 4.78 is 2.17. The molecule has 0 atom stereocenters. The van der Waals surface area contributed by atoms with Crippen molar-refractivity contribution in [1.29, 1.82) is 0 Å². The van der Waals surface area contributed by atoms with Gasteiger partial charge in [0, 0.05) is 44.6 Å². The molecule has 3 aromatic carbocycles. The molecule has 0 aliphatic carbocycles. The van der Waals surface area contributed by atoms with Crippen molar-refractivity contribution in [3.8, 4) is 28.2 Å². The number of rotatable bonds is 5. The highest BCUT2D eigenvalue weighted by Crippen LogP contribution is 2.36. The molecule has 0 unspecified atom stereocenters. The SMILES string of the molecule is CC(C)Cc1cc(-c2cccc(-n3c4ccccc4c4cccnc43)n2)cc(-c2cccc3c(C(C)(C)C)[nH]nc23)c1. The number of aromatic nitrogens is 5. The summed E-state index contributed by atoms with van der Waals surface area (Å²) in [5, 5.41) is 11.6. The first-order valence-electron chi connectivity index (χ1n) is 14.7. The summed E-state index contributed by atoms with van der Waals surface area (Å²) in [6, 6.07) is 32.2. The maximum absolute atomic E-state index is 5.24. The van der Waals surface area contributed by atoms with Gasteiger partial charge in [-0.15, -0.1) is 0 Å². The molecule has 0 spiro atoms. The van der Waals surface area contributed by atoms with E-state index in [4.69, 9.17) is 15.1 Å². The molecular formula is C37H35N5. The third-order valence-electron chi connectivity index (χ3n) is 7.98. The Morgan fingerprint density at radius 2 is 1.55 bits per heavy atom. The zero-order chi connectivity index (χ0) is 29.0. The molecule has 208 valence electrons.